The van der Waals surface area contributed by atoms with Gasteiger partial charge < -0.3 is 14.4 Å². The van der Waals surface area contributed by atoms with Crippen LogP contribution in [-0.4, -0.2) is 38.7 Å². The zero-order valence-electron chi connectivity index (χ0n) is 8.90. The number of esters is 1. The molecule has 0 amide bonds. The van der Waals surface area contributed by atoms with Crippen molar-refractivity contribution in [3.8, 4) is 6.26 Å². The van der Waals surface area contributed by atoms with Gasteiger partial charge in [0.25, 0.3) is 0 Å². The zero-order valence-corrected chi connectivity index (χ0v) is 8.90. The monoisotopic (exact) mass is 199 g/mol. The van der Waals surface area contributed by atoms with Gasteiger partial charge in [0.05, 0.1) is 19.9 Å². The van der Waals surface area contributed by atoms with E-state index in [1.54, 1.807) is 25.9 Å². The maximum absolute atomic E-state index is 11.3. The van der Waals surface area contributed by atoms with E-state index in [1.807, 2.05) is 0 Å². The van der Waals surface area contributed by atoms with Crippen LogP contribution in [0.15, 0.2) is 11.9 Å². The Balaban J connectivity index is 4.64. The van der Waals surface area contributed by atoms with Crippen molar-refractivity contribution in [3.05, 3.63) is 16.7 Å². The fourth-order valence-electron chi connectivity index (χ4n) is 0.672. The Morgan fingerprint density at radius 1 is 1.57 bits per heavy atom. The third-order valence-corrected chi connectivity index (χ3v) is 1.12. The molecule has 0 unspecified atom stereocenters. The molecule has 0 bridgehead atoms. The highest BCUT2D eigenvalue weighted by atomic mass is 16.5. The van der Waals surface area contributed by atoms with Crippen molar-refractivity contribution in [2.75, 3.05) is 27.8 Å². The SMILES string of the molecule is CCOC(=O)/C(=C/N(C)C)[N+]#COC. The first kappa shape index (κ1) is 12.3. The fourth-order valence-corrected chi connectivity index (χ4v) is 0.672. The van der Waals surface area contributed by atoms with E-state index in [-0.39, 0.29) is 5.70 Å². The first-order valence-corrected chi connectivity index (χ1v) is 4.15. The van der Waals surface area contributed by atoms with Crippen molar-refractivity contribution >= 4 is 5.97 Å². The predicted molar refractivity (Wildman–Crippen MR) is 52.7 cm³/mol. The van der Waals surface area contributed by atoms with E-state index in [2.05, 4.69) is 15.8 Å². The second-order valence-electron chi connectivity index (χ2n) is 2.61. The van der Waals surface area contributed by atoms with Crippen molar-refractivity contribution in [2.45, 2.75) is 6.92 Å². The number of nitrogens with zero attached hydrogens (tertiary/aromatic N) is 2. The number of carbonyl (C=O) groups is 1. The lowest BCUT2D eigenvalue weighted by Gasteiger charge is -2.00. The van der Waals surface area contributed by atoms with Crippen molar-refractivity contribution in [1.82, 2.24) is 4.90 Å². The third kappa shape index (κ3) is 5.04. The van der Waals surface area contributed by atoms with Crippen LogP contribution < -0.4 is 0 Å². The van der Waals surface area contributed by atoms with Crippen LogP contribution in [0.1, 0.15) is 6.92 Å². The van der Waals surface area contributed by atoms with Crippen LogP contribution in [0.3, 0.4) is 0 Å². The van der Waals surface area contributed by atoms with E-state index in [1.165, 1.54) is 13.3 Å². The number of methoxy groups -OCH3 is 1. The minimum absolute atomic E-state index is 0.152. The van der Waals surface area contributed by atoms with Crippen molar-refractivity contribution in [2.24, 2.45) is 0 Å². The van der Waals surface area contributed by atoms with E-state index in [0.717, 1.165) is 0 Å². The maximum atomic E-state index is 11.3. The lowest BCUT2D eigenvalue weighted by Crippen LogP contribution is -2.10. The molecular weight excluding hydrogens is 184 g/mol. The molecule has 0 spiro atoms. The lowest BCUT2D eigenvalue weighted by atomic mass is 10.5. The van der Waals surface area contributed by atoms with E-state index in [0.29, 0.717) is 6.61 Å². The molecule has 0 aliphatic rings. The molecule has 0 aromatic rings. The topological polar surface area (TPSA) is 43.1 Å². The molecule has 5 heteroatoms. The van der Waals surface area contributed by atoms with E-state index in [4.69, 9.17) is 4.74 Å². The summed E-state index contributed by atoms with van der Waals surface area (Å²) in [6.45, 7) is 2.04. The van der Waals surface area contributed by atoms with Gasteiger partial charge in [-0.15, -0.1) is 0 Å². The molecule has 0 aromatic heterocycles. The molecule has 78 valence electrons. The molecule has 0 saturated carbocycles. The van der Waals surface area contributed by atoms with Crippen molar-refractivity contribution in [3.63, 3.8) is 0 Å². The summed E-state index contributed by atoms with van der Waals surface area (Å²) in [5, 5.41) is 0. The summed E-state index contributed by atoms with van der Waals surface area (Å²) in [5.74, 6) is -0.495. The average molecular weight is 199 g/mol. The molecule has 0 saturated heterocycles. The normalized spacial score (nSPS) is 9.86. The van der Waals surface area contributed by atoms with Gasteiger partial charge in [-0.1, -0.05) is 0 Å². The second kappa shape index (κ2) is 6.78. The first-order valence-electron chi connectivity index (χ1n) is 4.15. The molecule has 0 N–H and O–H groups in total. The molecule has 0 rings (SSSR count). The van der Waals surface area contributed by atoms with Crippen LogP contribution in [0.2, 0.25) is 0 Å². The van der Waals surface area contributed by atoms with Gasteiger partial charge in [0.1, 0.15) is 0 Å². The number of hydrogen-bond acceptors (Lipinski definition) is 4. The third-order valence-electron chi connectivity index (χ3n) is 1.12. The molecule has 5 nitrogen and oxygen atoms in total. The van der Waals surface area contributed by atoms with Crippen LogP contribution >= 0.6 is 0 Å². The number of ether oxygens (including phenoxy) is 2. The summed E-state index contributed by atoms with van der Waals surface area (Å²) in [5.41, 5.74) is 0.152. The van der Waals surface area contributed by atoms with Gasteiger partial charge in [-0.2, -0.15) is 0 Å². The highest BCUT2D eigenvalue weighted by Gasteiger charge is 2.21. The smallest absolute Gasteiger partial charge is 0.457 e. The minimum Gasteiger partial charge on any atom is -0.457 e. The van der Waals surface area contributed by atoms with Gasteiger partial charge in [0.2, 0.25) is 0 Å². The van der Waals surface area contributed by atoms with E-state index in [9.17, 15) is 4.79 Å². The van der Waals surface area contributed by atoms with Crippen molar-refractivity contribution in [1.29, 1.82) is 0 Å². The Hall–Kier alpha value is -1.70. The quantitative estimate of drug-likeness (QED) is 0.384. The Morgan fingerprint density at radius 2 is 2.21 bits per heavy atom. The largest absolute Gasteiger partial charge is 0.523 e. The highest BCUT2D eigenvalue weighted by molar-refractivity contribution is 5.90. The Bertz CT molecular complexity index is 274. The number of carbonyl (C=O) groups excluding carboxylic acids is 1. The molecule has 0 aliphatic heterocycles. The molecule has 0 heterocycles. The summed E-state index contributed by atoms with van der Waals surface area (Å²) in [6, 6.07) is 0. The number of hydrogen-bond donors (Lipinski definition) is 0. The maximum Gasteiger partial charge on any atom is 0.523 e. The zero-order chi connectivity index (χ0) is 11.0. The van der Waals surface area contributed by atoms with E-state index < -0.39 is 5.97 Å². The lowest BCUT2D eigenvalue weighted by molar-refractivity contribution is -0.138. The minimum atomic E-state index is -0.495. The summed E-state index contributed by atoms with van der Waals surface area (Å²) < 4.78 is 9.28. The molecule has 0 atom stereocenters. The number of rotatable bonds is 3. The van der Waals surface area contributed by atoms with Crippen molar-refractivity contribution < 1.29 is 14.3 Å². The summed E-state index contributed by atoms with van der Waals surface area (Å²) in [4.78, 5) is 16.6. The Labute approximate surface area is 83.7 Å². The van der Waals surface area contributed by atoms with Gasteiger partial charge in [-0.05, 0) is 6.92 Å². The molecule has 0 aliphatic carbocycles. The molecule has 14 heavy (non-hydrogen) atoms. The molecule has 0 aromatic carbocycles. The van der Waals surface area contributed by atoms with Gasteiger partial charge in [-0.3, -0.25) is 0 Å². The second-order valence-corrected chi connectivity index (χ2v) is 2.61. The van der Waals surface area contributed by atoms with Gasteiger partial charge in [-0.25, -0.2) is 4.79 Å². The summed E-state index contributed by atoms with van der Waals surface area (Å²) in [7, 11) is 4.96. The van der Waals surface area contributed by atoms with Crippen LogP contribution in [0.25, 0.3) is 4.85 Å². The molecule has 0 fully saturated rings. The Kier molecular flexibility index (Phi) is 5.95. The fraction of sp³-hybridized carbons (Fsp3) is 0.556. The van der Waals surface area contributed by atoms with Crippen LogP contribution in [-0.2, 0) is 14.3 Å². The first-order chi connectivity index (χ1) is 6.61. The molecular formula is C9H15N2O3+. The van der Waals surface area contributed by atoms with Crippen LogP contribution in [0.4, 0.5) is 0 Å². The average Bonchev–Trinajstić information content (AvgIpc) is 2.12. The highest BCUT2D eigenvalue weighted by Crippen LogP contribution is 2.01. The Morgan fingerprint density at radius 3 is 2.64 bits per heavy atom. The summed E-state index contributed by atoms with van der Waals surface area (Å²) in [6.07, 6.45) is 3.75. The van der Waals surface area contributed by atoms with Crippen LogP contribution in [0.5, 0.6) is 0 Å². The van der Waals surface area contributed by atoms with Crippen LogP contribution in [0, 0.1) is 6.26 Å². The van der Waals surface area contributed by atoms with E-state index >= 15 is 0 Å². The summed E-state index contributed by atoms with van der Waals surface area (Å²) >= 11 is 0. The predicted octanol–water partition coefficient (Wildman–Crippen LogP) is 0.889. The van der Waals surface area contributed by atoms with Gasteiger partial charge in [0.15, 0.2) is 0 Å². The van der Waals surface area contributed by atoms with Gasteiger partial charge >= 0.3 is 17.9 Å². The molecule has 0 radical (unpaired) electrons. The standard InChI is InChI=1S/C9H15N2O3/c1-5-14-9(12)8(6-11(2)3)10-7-13-4/h6H,5H2,1-4H3/q+1/b8-6-. The van der Waals surface area contributed by atoms with Gasteiger partial charge in [0, 0.05) is 18.9 Å².